The molecule has 0 bridgehead atoms. The topological polar surface area (TPSA) is 142 Å². The van der Waals surface area contributed by atoms with Crippen molar-refractivity contribution in [3.05, 3.63) is 29.8 Å². The first-order valence-electron chi connectivity index (χ1n) is 5.70. The number of amides is 2. The van der Waals surface area contributed by atoms with Crippen LogP contribution in [0, 0.1) is 0 Å². The van der Waals surface area contributed by atoms with Gasteiger partial charge in [-0.25, -0.2) is 4.79 Å². The lowest BCUT2D eigenvalue weighted by Gasteiger charge is -2.12. The summed E-state index contributed by atoms with van der Waals surface area (Å²) >= 11 is 0. The average Bonchev–Trinajstić information content (AvgIpc) is 2.42. The molecular weight excluding hydrogens is 266 g/mol. The van der Waals surface area contributed by atoms with Gasteiger partial charge in [0.2, 0.25) is 5.91 Å². The first-order chi connectivity index (χ1) is 9.43. The van der Waals surface area contributed by atoms with Crippen molar-refractivity contribution in [2.75, 3.05) is 18.9 Å². The van der Waals surface area contributed by atoms with E-state index in [-0.39, 0.29) is 0 Å². The van der Waals surface area contributed by atoms with Crippen LogP contribution in [0.1, 0.15) is 10.4 Å². The number of benzene rings is 1. The maximum atomic E-state index is 11.7. The van der Waals surface area contributed by atoms with Gasteiger partial charge in [-0.05, 0) is 24.3 Å². The van der Waals surface area contributed by atoms with Gasteiger partial charge in [0.1, 0.15) is 6.04 Å². The number of rotatable bonds is 6. The first kappa shape index (κ1) is 15.4. The van der Waals surface area contributed by atoms with Gasteiger partial charge in [0.15, 0.2) is 0 Å². The number of nitrogens with one attached hydrogen (secondary N) is 2. The molecule has 1 aromatic carbocycles. The number of nitrogens with two attached hydrogens (primary N) is 1. The van der Waals surface area contributed by atoms with Gasteiger partial charge in [-0.15, -0.1) is 0 Å². The third kappa shape index (κ3) is 4.58. The molecule has 0 saturated carbocycles. The highest BCUT2D eigenvalue weighted by atomic mass is 16.4. The van der Waals surface area contributed by atoms with Gasteiger partial charge >= 0.3 is 5.97 Å². The molecule has 0 aliphatic heterocycles. The van der Waals surface area contributed by atoms with Gasteiger partial charge in [-0.2, -0.15) is 0 Å². The fraction of sp³-hybridized carbons (Fsp3) is 0.250. The number of carbonyl (C=O) groups is 3. The minimum atomic E-state index is -1.39. The predicted molar refractivity (Wildman–Crippen MR) is 69.8 cm³/mol. The van der Waals surface area contributed by atoms with E-state index < -0.39 is 37.0 Å². The molecule has 0 spiro atoms. The summed E-state index contributed by atoms with van der Waals surface area (Å²) in [4.78, 5) is 33.6. The number of carbonyl (C=O) groups excluding carboxylic acids is 2. The molecule has 1 rings (SSSR count). The quantitative estimate of drug-likeness (QED) is 0.404. The van der Waals surface area contributed by atoms with E-state index in [0.29, 0.717) is 11.3 Å². The minimum absolute atomic E-state index is 0.323. The second kappa shape index (κ2) is 7.10. The third-order valence-corrected chi connectivity index (χ3v) is 2.40. The molecule has 108 valence electrons. The van der Waals surface area contributed by atoms with Crippen LogP contribution in [-0.2, 0) is 9.59 Å². The first-order valence-corrected chi connectivity index (χ1v) is 5.70. The van der Waals surface area contributed by atoms with E-state index >= 15 is 0 Å². The van der Waals surface area contributed by atoms with E-state index in [1.54, 1.807) is 12.1 Å². The molecule has 1 atom stereocenters. The van der Waals surface area contributed by atoms with Crippen LogP contribution in [0.4, 0.5) is 5.69 Å². The van der Waals surface area contributed by atoms with Crippen molar-refractivity contribution in [2.45, 2.75) is 6.04 Å². The lowest BCUT2D eigenvalue weighted by Crippen LogP contribution is -2.47. The van der Waals surface area contributed by atoms with Crippen LogP contribution in [-0.4, -0.2) is 47.2 Å². The smallest absolute Gasteiger partial charge is 0.328 e. The molecule has 0 fully saturated rings. The highest BCUT2D eigenvalue weighted by Crippen LogP contribution is 2.04. The van der Waals surface area contributed by atoms with Crippen LogP contribution in [0.2, 0.25) is 0 Å². The van der Waals surface area contributed by atoms with Crippen LogP contribution >= 0.6 is 0 Å². The second-order valence-electron chi connectivity index (χ2n) is 3.95. The zero-order valence-electron chi connectivity index (χ0n) is 10.5. The Morgan fingerprint density at radius 2 is 1.80 bits per heavy atom. The van der Waals surface area contributed by atoms with Crippen LogP contribution in [0.25, 0.3) is 0 Å². The van der Waals surface area contributed by atoms with Gasteiger partial charge in [0, 0.05) is 11.3 Å². The molecule has 6 N–H and O–H groups in total. The molecule has 8 nitrogen and oxygen atoms in total. The SMILES string of the molecule is Nc1ccc(C(=O)NCC(=O)N[C@@H](CO)C(=O)O)cc1. The van der Waals surface area contributed by atoms with Crippen molar-refractivity contribution in [1.82, 2.24) is 10.6 Å². The normalized spacial score (nSPS) is 11.4. The van der Waals surface area contributed by atoms with Crippen molar-refractivity contribution < 1.29 is 24.6 Å². The van der Waals surface area contributed by atoms with Gasteiger partial charge in [0.25, 0.3) is 5.91 Å². The van der Waals surface area contributed by atoms with Crippen molar-refractivity contribution in [2.24, 2.45) is 0 Å². The number of carboxylic acid groups (broad SMARTS) is 1. The van der Waals surface area contributed by atoms with Crippen molar-refractivity contribution in [3.8, 4) is 0 Å². The fourth-order valence-electron chi connectivity index (χ4n) is 1.33. The van der Waals surface area contributed by atoms with Crippen molar-refractivity contribution >= 4 is 23.5 Å². The molecule has 0 heterocycles. The standard InChI is InChI=1S/C12H15N3O5/c13-8-3-1-7(2-4-8)11(18)14-5-10(17)15-9(6-16)12(19)20/h1-4,9,16H,5-6,13H2,(H,14,18)(H,15,17)(H,19,20)/t9-/m0/s1. The number of carboxylic acids is 1. The highest BCUT2D eigenvalue weighted by Gasteiger charge is 2.18. The lowest BCUT2D eigenvalue weighted by atomic mass is 10.2. The third-order valence-electron chi connectivity index (χ3n) is 2.40. The largest absolute Gasteiger partial charge is 0.480 e. The summed E-state index contributed by atoms with van der Waals surface area (Å²) in [5.74, 6) is -2.56. The van der Waals surface area contributed by atoms with Crippen LogP contribution in [0.5, 0.6) is 0 Å². The summed E-state index contributed by atoms with van der Waals surface area (Å²) in [6, 6.07) is 4.69. The number of aliphatic carboxylic acids is 1. The molecule has 0 unspecified atom stereocenters. The van der Waals surface area contributed by atoms with E-state index in [1.165, 1.54) is 12.1 Å². The molecule has 2 amide bonds. The monoisotopic (exact) mass is 281 g/mol. The fourth-order valence-corrected chi connectivity index (χ4v) is 1.33. The summed E-state index contributed by atoms with van der Waals surface area (Å²) in [6.07, 6.45) is 0. The Bertz CT molecular complexity index is 500. The molecule has 1 aromatic rings. The van der Waals surface area contributed by atoms with E-state index in [2.05, 4.69) is 10.6 Å². The van der Waals surface area contributed by atoms with Crippen LogP contribution < -0.4 is 16.4 Å². The van der Waals surface area contributed by atoms with Crippen LogP contribution in [0.3, 0.4) is 0 Å². The van der Waals surface area contributed by atoms with Gasteiger partial charge in [-0.3, -0.25) is 9.59 Å². The van der Waals surface area contributed by atoms with E-state index in [4.69, 9.17) is 15.9 Å². The molecule has 0 aliphatic rings. The molecule has 20 heavy (non-hydrogen) atoms. The molecule has 0 radical (unpaired) electrons. The maximum Gasteiger partial charge on any atom is 0.328 e. The second-order valence-corrected chi connectivity index (χ2v) is 3.95. The Morgan fingerprint density at radius 1 is 1.20 bits per heavy atom. The molecule has 0 aliphatic carbocycles. The molecule has 8 heteroatoms. The number of aliphatic hydroxyl groups is 1. The lowest BCUT2D eigenvalue weighted by molar-refractivity contribution is -0.142. The Labute approximate surface area is 114 Å². The summed E-state index contributed by atoms with van der Waals surface area (Å²) in [6.45, 7) is -1.13. The summed E-state index contributed by atoms with van der Waals surface area (Å²) in [5.41, 5.74) is 6.30. The minimum Gasteiger partial charge on any atom is -0.480 e. The maximum absolute atomic E-state index is 11.7. The van der Waals surface area contributed by atoms with Gasteiger partial charge in [-0.1, -0.05) is 0 Å². The van der Waals surface area contributed by atoms with E-state index in [1.807, 2.05) is 0 Å². The molecular formula is C12H15N3O5. The Morgan fingerprint density at radius 3 is 2.30 bits per heavy atom. The molecule has 0 saturated heterocycles. The number of aliphatic hydroxyl groups excluding tert-OH is 1. The number of nitrogen functional groups attached to an aromatic ring is 1. The Hall–Kier alpha value is -2.61. The van der Waals surface area contributed by atoms with E-state index in [0.717, 1.165) is 0 Å². The Balaban J connectivity index is 2.46. The number of anilines is 1. The number of hydrogen-bond donors (Lipinski definition) is 5. The van der Waals surface area contributed by atoms with Crippen molar-refractivity contribution in [1.29, 1.82) is 0 Å². The van der Waals surface area contributed by atoms with Gasteiger partial charge < -0.3 is 26.6 Å². The van der Waals surface area contributed by atoms with E-state index in [9.17, 15) is 14.4 Å². The highest BCUT2D eigenvalue weighted by molar-refractivity contribution is 5.97. The predicted octanol–water partition coefficient (Wildman–Crippen LogP) is -1.44. The number of hydrogen-bond acceptors (Lipinski definition) is 5. The van der Waals surface area contributed by atoms with Crippen LogP contribution in [0.15, 0.2) is 24.3 Å². The zero-order chi connectivity index (χ0) is 15.1. The molecule has 0 aromatic heterocycles. The summed E-state index contributed by atoms with van der Waals surface area (Å²) < 4.78 is 0. The Kier molecular flexibility index (Phi) is 5.48. The average molecular weight is 281 g/mol. The summed E-state index contributed by atoms with van der Waals surface area (Å²) in [7, 11) is 0. The van der Waals surface area contributed by atoms with Crippen molar-refractivity contribution in [3.63, 3.8) is 0 Å². The summed E-state index contributed by atoms with van der Waals surface area (Å²) in [5, 5.41) is 21.7. The zero-order valence-corrected chi connectivity index (χ0v) is 10.5. The van der Waals surface area contributed by atoms with Gasteiger partial charge in [0.05, 0.1) is 13.2 Å².